The zero-order valence-corrected chi connectivity index (χ0v) is 12.3. The van der Waals surface area contributed by atoms with Gasteiger partial charge in [0, 0.05) is 25.0 Å². The highest BCUT2D eigenvalue weighted by Gasteiger charge is 2.40. The lowest BCUT2D eigenvalue weighted by Gasteiger charge is -2.28. The summed E-state index contributed by atoms with van der Waals surface area (Å²) in [6.07, 6.45) is 9.57. The number of aromatic nitrogens is 1. The summed E-state index contributed by atoms with van der Waals surface area (Å²) < 4.78 is 27.3. The van der Waals surface area contributed by atoms with Gasteiger partial charge in [-0.05, 0) is 37.7 Å². The monoisotopic (exact) mass is 295 g/mol. The van der Waals surface area contributed by atoms with Crippen LogP contribution in [0.5, 0.6) is 0 Å². The third-order valence-electron chi connectivity index (χ3n) is 4.60. The van der Waals surface area contributed by atoms with Gasteiger partial charge in [-0.3, -0.25) is 4.98 Å². The summed E-state index contributed by atoms with van der Waals surface area (Å²) >= 11 is 0. The molecule has 6 heteroatoms. The van der Waals surface area contributed by atoms with E-state index in [0.29, 0.717) is 12.5 Å². The molecule has 110 valence electrons. The minimum Gasteiger partial charge on any atom is -0.398 e. The molecule has 1 atom stereocenters. The van der Waals surface area contributed by atoms with E-state index in [-0.39, 0.29) is 16.6 Å². The summed E-state index contributed by atoms with van der Waals surface area (Å²) in [5, 5.41) is 0. The second-order valence-corrected chi connectivity index (χ2v) is 7.64. The predicted octanol–water partition coefficient (Wildman–Crippen LogP) is 2.01. The van der Waals surface area contributed by atoms with Crippen LogP contribution in [0.1, 0.15) is 38.5 Å². The van der Waals surface area contributed by atoms with Crippen molar-refractivity contribution >= 4 is 15.7 Å². The molecule has 1 aliphatic heterocycles. The Morgan fingerprint density at radius 2 is 1.95 bits per heavy atom. The van der Waals surface area contributed by atoms with E-state index in [4.69, 9.17) is 5.73 Å². The van der Waals surface area contributed by atoms with Crippen LogP contribution in [0.3, 0.4) is 0 Å². The van der Waals surface area contributed by atoms with E-state index in [9.17, 15) is 8.42 Å². The molecule has 0 spiro atoms. The fraction of sp³-hybridized carbons (Fsp3) is 0.643. The van der Waals surface area contributed by atoms with Gasteiger partial charge in [-0.2, -0.15) is 4.31 Å². The van der Waals surface area contributed by atoms with Gasteiger partial charge in [0.25, 0.3) is 0 Å². The van der Waals surface area contributed by atoms with Gasteiger partial charge in [0.2, 0.25) is 10.0 Å². The molecule has 0 aromatic carbocycles. The van der Waals surface area contributed by atoms with Crippen LogP contribution in [0.2, 0.25) is 0 Å². The van der Waals surface area contributed by atoms with Crippen LogP contribution < -0.4 is 5.73 Å². The summed E-state index contributed by atoms with van der Waals surface area (Å²) in [5.74, 6) is 0.519. The summed E-state index contributed by atoms with van der Waals surface area (Å²) in [6.45, 7) is 0.609. The Labute approximate surface area is 120 Å². The van der Waals surface area contributed by atoms with Crippen molar-refractivity contribution in [3.05, 3.63) is 18.5 Å². The zero-order chi connectivity index (χ0) is 14.2. The quantitative estimate of drug-likeness (QED) is 0.925. The van der Waals surface area contributed by atoms with Crippen LogP contribution in [0.25, 0.3) is 0 Å². The molecule has 2 fully saturated rings. The molecule has 2 aliphatic rings. The van der Waals surface area contributed by atoms with Crippen LogP contribution in [-0.4, -0.2) is 30.3 Å². The SMILES string of the molecule is Nc1ccncc1S(=O)(=O)N1CCCC1C1CCCC1. The minimum atomic E-state index is -3.51. The fourth-order valence-corrected chi connectivity index (χ4v) is 5.43. The predicted molar refractivity (Wildman–Crippen MR) is 77.5 cm³/mol. The first-order chi connectivity index (χ1) is 9.60. The fourth-order valence-electron chi connectivity index (χ4n) is 3.61. The van der Waals surface area contributed by atoms with Gasteiger partial charge in [-0.15, -0.1) is 0 Å². The van der Waals surface area contributed by atoms with Crippen LogP contribution in [-0.2, 0) is 10.0 Å². The molecule has 1 aromatic heterocycles. The van der Waals surface area contributed by atoms with Gasteiger partial charge < -0.3 is 5.73 Å². The van der Waals surface area contributed by atoms with Crippen molar-refractivity contribution in [3.8, 4) is 0 Å². The van der Waals surface area contributed by atoms with Gasteiger partial charge in [0.05, 0.1) is 5.69 Å². The lowest BCUT2D eigenvalue weighted by atomic mass is 9.97. The first-order valence-corrected chi connectivity index (χ1v) is 8.76. The first kappa shape index (κ1) is 13.8. The van der Waals surface area contributed by atoms with E-state index < -0.39 is 10.0 Å². The van der Waals surface area contributed by atoms with Gasteiger partial charge in [-0.1, -0.05) is 12.8 Å². The molecule has 0 bridgehead atoms. The second-order valence-electron chi connectivity index (χ2n) is 5.78. The Balaban J connectivity index is 1.92. The Kier molecular flexibility index (Phi) is 3.69. The van der Waals surface area contributed by atoms with Crippen LogP contribution in [0.15, 0.2) is 23.4 Å². The number of nitrogen functional groups attached to an aromatic ring is 1. The van der Waals surface area contributed by atoms with E-state index in [1.807, 2.05) is 0 Å². The number of rotatable bonds is 3. The van der Waals surface area contributed by atoms with Crippen molar-refractivity contribution in [2.45, 2.75) is 49.5 Å². The van der Waals surface area contributed by atoms with Crippen molar-refractivity contribution < 1.29 is 8.42 Å². The maximum atomic E-state index is 12.8. The molecule has 5 nitrogen and oxygen atoms in total. The van der Waals surface area contributed by atoms with E-state index >= 15 is 0 Å². The molecule has 20 heavy (non-hydrogen) atoms. The van der Waals surface area contributed by atoms with E-state index in [0.717, 1.165) is 25.7 Å². The van der Waals surface area contributed by atoms with Gasteiger partial charge in [0.15, 0.2) is 0 Å². The summed E-state index contributed by atoms with van der Waals surface area (Å²) in [7, 11) is -3.51. The number of sulfonamides is 1. The van der Waals surface area contributed by atoms with Gasteiger partial charge in [-0.25, -0.2) is 8.42 Å². The highest BCUT2D eigenvalue weighted by molar-refractivity contribution is 7.89. The summed E-state index contributed by atoms with van der Waals surface area (Å²) in [6, 6.07) is 1.70. The van der Waals surface area contributed by atoms with Crippen LogP contribution in [0.4, 0.5) is 5.69 Å². The Morgan fingerprint density at radius 3 is 2.65 bits per heavy atom. The van der Waals surface area contributed by atoms with Crippen molar-refractivity contribution in [3.63, 3.8) is 0 Å². The molecule has 1 saturated heterocycles. The number of hydrogen-bond acceptors (Lipinski definition) is 4. The number of hydrogen-bond donors (Lipinski definition) is 1. The molecular formula is C14H21N3O2S. The van der Waals surface area contributed by atoms with E-state index in [2.05, 4.69) is 4.98 Å². The second kappa shape index (κ2) is 5.33. The molecule has 0 amide bonds. The van der Waals surface area contributed by atoms with Crippen LogP contribution in [0, 0.1) is 5.92 Å². The normalized spacial score (nSPS) is 25.3. The van der Waals surface area contributed by atoms with E-state index in [1.54, 1.807) is 10.4 Å². The average molecular weight is 295 g/mol. The molecule has 1 saturated carbocycles. The lowest BCUT2D eigenvalue weighted by molar-refractivity contribution is 0.288. The molecular weight excluding hydrogens is 274 g/mol. The Hall–Kier alpha value is -1.14. The average Bonchev–Trinajstić information content (AvgIpc) is 3.10. The highest BCUT2D eigenvalue weighted by Crippen LogP contribution is 2.38. The van der Waals surface area contributed by atoms with Gasteiger partial charge in [0.1, 0.15) is 4.90 Å². The first-order valence-electron chi connectivity index (χ1n) is 7.32. The van der Waals surface area contributed by atoms with Crippen molar-refractivity contribution in [1.29, 1.82) is 0 Å². The third-order valence-corrected chi connectivity index (χ3v) is 6.56. The number of nitrogens with zero attached hydrogens (tertiary/aromatic N) is 2. The summed E-state index contributed by atoms with van der Waals surface area (Å²) in [5.41, 5.74) is 6.12. The molecule has 1 aromatic rings. The topological polar surface area (TPSA) is 76.3 Å². The largest absolute Gasteiger partial charge is 0.398 e. The van der Waals surface area contributed by atoms with Crippen molar-refractivity contribution in [1.82, 2.24) is 9.29 Å². The van der Waals surface area contributed by atoms with Gasteiger partial charge >= 0.3 is 0 Å². The lowest BCUT2D eigenvalue weighted by Crippen LogP contribution is -2.39. The van der Waals surface area contributed by atoms with Crippen molar-refractivity contribution in [2.75, 3.05) is 12.3 Å². The smallest absolute Gasteiger partial charge is 0.246 e. The molecule has 1 unspecified atom stereocenters. The summed E-state index contributed by atoms with van der Waals surface area (Å²) in [4.78, 5) is 4.08. The molecule has 3 rings (SSSR count). The van der Waals surface area contributed by atoms with Crippen LogP contribution >= 0.6 is 0 Å². The molecule has 0 radical (unpaired) electrons. The molecule has 1 aliphatic carbocycles. The van der Waals surface area contributed by atoms with Crippen molar-refractivity contribution in [2.24, 2.45) is 5.92 Å². The van der Waals surface area contributed by atoms with E-state index in [1.165, 1.54) is 25.2 Å². The maximum Gasteiger partial charge on any atom is 0.246 e. The molecule has 2 N–H and O–H groups in total. The maximum absolute atomic E-state index is 12.8. The Bertz CT molecular complexity index is 582. The highest BCUT2D eigenvalue weighted by atomic mass is 32.2. The zero-order valence-electron chi connectivity index (χ0n) is 11.5. The molecule has 2 heterocycles. The number of nitrogens with two attached hydrogens (primary N) is 1. The number of pyridine rings is 1. The third kappa shape index (κ3) is 2.31. The Morgan fingerprint density at radius 1 is 1.20 bits per heavy atom. The minimum absolute atomic E-state index is 0.155. The standard InChI is InChI=1S/C14H21N3O2S/c15-12-7-8-16-10-14(12)20(18,19)17-9-3-6-13(17)11-4-1-2-5-11/h7-8,10-11,13H,1-6,9H2,(H2,15,16). The number of anilines is 1.